The molecule has 0 bridgehead atoms. The molecule has 1 N–H and O–H groups in total. The van der Waals surface area contributed by atoms with Crippen LogP contribution in [-0.4, -0.2) is 17.4 Å². The summed E-state index contributed by atoms with van der Waals surface area (Å²) in [4.78, 5) is 0. The average molecular weight is 188 g/mol. The second-order valence-corrected chi connectivity index (χ2v) is 5.00. The molecule has 0 amide bonds. The molecule has 2 atom stereocenters. The fourth-order valence-corrected chi connectivity index (χ4v) is 2.44. The van der Waals surface area contributed by atoms with Gasteiger partial charge in [-0.1, -0.05) is 12.8 Å². The summed E-state index contributed by atoms with van der Waals surface area (Å²) in [6.07, 6.45) is 5.10. The summed E-state index contributed by atoms with van der Waals surface area (Å²) in [7, 11) is 0. The minimum atomic E-state index is -1.04. The second-order valence-electron chi connectivity index (χ2n) is 5.00. The van der Waals surface area contributed by atoms with Crippen LogP contribution in [0.4, 0.5) is 4.39 Å². The van der Waals surface area contributed by atoms with Gasteiger partial charge in [-0.15, -0.1) is 0 Å². The van der Waals surface area contributed by atoms with Gasteiger partial charge < -0.3 is 5.11 Å². The summed E-state index contributed by atoms with van der Waals surface area (Å²) in [5.74, 6) is 0.923. The highest BCUT2D eigenvalue weighted by atomic mass is 19.1. The zero-order chi connectivity index (χ0) is 9.90. The first kappa shape index (κ1) is 11.0. The van der Waals surface area contributed by atoms with Crippen molar-refractivity contribution >= 4 is 0 Å². The van der Waals surface area contributed by atoms with Crippen LogP contribution in [0.1, 0.15) is 46.0 Å². The average Bonchev–Trinajstić information content (AvgIpc) is 2.01. The van der Waals surface area contributed by atoms with Gasteiger partial charge in [-0.05, 0) is 44.9 Å². The number of hydrogen-bond donors (Lipinski definition) is 1. The first-order chi connectivity index (χ1) is 6.01. The summed E-state index contributed by atoms with van der Waals surface area (Å²) in [5, 5.41) is 9.01. The topological polar surface area (TPSA) is 20.2 Å². The zero-order valence-electron chi connectivity index (χ0n) is 8.72. The molecule has 1 aliphatic carbocycles. The van der Waals surface area contributed by atoms with Crippen LogP contribution in [0.5, 0.6) is 0 Å². The molecule has 0 aromatic heterocycles. The van der Waals surface area contributed by atoms with Crippen LogP contribution in [-0.2, 0) is 0 Å². The predicted molar refractivity (Wildman–Crippen MR) is 52.3 cm³/mol. The lowest BCUT2D eigenvalue weighted by molar-refractivity contribution is 0.110. The minimum absolute atomic E-state index is 0.281. The molecule has 0 saturated heterocycles. The van der Waals surface area contributed by atoms with E-state index in [0.29, 0.717) is 18.3 Å². The zero-order valence-corrected chi connectivity index (χ0v) is 8.72. The van der Waals surface area contributed by atoms with Crippen molar-refractivity contribution in [3.63, 3.8) is 0 Å². The third kappa shape index (κ3) is 4.08. The Labute approximate surface area is 80.3 Å². The van der Waals surface area contributed by atoms with Crippen molar-refractivity contribution in [1.82, 2.24) is 0 Å². The largest absolute Gasteiger partial charge is 0.396 e. The summed E-state index contributed by atoms with van der Waals surface area (Å²) < 4.78 is 13.3. The predicted octanol–water partition coefficient (Wildman–Crippen LogP) is 2.92. The first-order valence-electron chi connectivity index (χ1n) is 5.31. The lowest BCUT2D eigenvalue weighted by atomic mass is 9.77. The maximum absolute atomic E-state index is 13.3. The first-order valence-corrected chi connectivity index (χ1v) is 5.31. The third-order valence-corrected chi connectivity index (χ3v) is 2.92. The lowest BCUT2D eigenvalue weighted by Gasteiger charge is -2.30. The quantitative estimate of drug-likeness (QED) is 0.722. The fraction of sp³-hybridized carbons (Fsp3) is 1.00. The van der Waals surface area contributed by atoms with Gasteiger partial charge >= 0.3 is 0 Å². The van der Waals surface area contributed by atoms with Gasteiger partial charge in [-0.3, -0.25) is 0 Å². The Morgan fingerprint density at radius 2 is 1.92 bits per heavy atom. The molecule has 0 radical (unpaired) electrons. The highest BCUT2D eigenvalue weighted by Crippen LogP contribution is 2.34. The van der Waals surface area contributed by atoms with Crippen LogP contribution in [0.3, 0.4) is 0 Å². The second kappa shape index (κ2) is 4.41. The standard InChI is InChI=1S/C11H21FO/c1-11(2,12)7-9-4-3-5-10(6-9)8-13/h9-10,13H,3-8H2,1-2H3/t9?,10-/m1/s1. The molecule has 1 saturated carbocycles. The molecule has 2 heteroatoms. The van der Waals surface area contributed by atoms with Crippen LogP contribution in [0.2, 0.25) is 0 Å². The van der Waals surface area contributed by atoms with E-state index >= 15 is 0 Å². The summed E-state index contributed by atoms with van der Waals surface area (Å²) in [6.45, 7) is 3.58. The lowest BCUT2D eigenvalue weighted by Crippen LogP contribution is -2.24. The van der Waals surface area contributed by atoms with Gasteiger partial charge in [-0.25, -0.2) is 4.39 Å². The van der Waals surface area contributed by atoms with E-state index in [1.54, 1.807) is 13.8 Å². The monoisotopic (exact) mass is 188 g/mol. The van der Waals surface area contributed by atoms with Gasteiger partial charge in [0.2, 0.25) is 0 Å². The number of aliphatic hydroxyl groups is 1. The molecule has 1 aliphatic rings. The molecule has 1 nitrogen and oxygen atoms in total. The molecule has 0 aliphatic heterocycles. The molecular formula is C11H21FO. The van der Waals surface area contributed by atoms with Gasteiger partial charge in [0.15, 0.2) is 0 Å². The smallest absolute Gasteiger partial charge is 0.105 e. The van der Waals surface area contributed by atoms with E-state index in [-0.39, 0.29) is 6.61 Å². The van der Waals surface area contributed by atoms with Gasteiger partial charge in [0.25, 0.3) is 0 Å². The summed E-state index contributed by atoms with van der Waals surface area (Å²) in [6, 6.07) is 0. The van der Waals surface area contributed by atoms with Crippen molar-refractivity contribution in [2.75, 3.05) is 6.61 Å². The van der Waals surface area contributed by atoms with E-state index in [2.05, 4.69) is 0 Å². The van der Waals surface area contributed by atoms with Crippen molar-refractivity contribution < 1.29 is 9.50 Å². The molecule has 1 fully saturated rings. The van der Waals surface area contributed by atoms with Gasteiger partial charge in [0.05, 0.1) is 0 Å². The van der Waals surface area contributed by atoms with E-state index in [1.165, 1.54) is 0 Å². The van der Waals surface area contributed by atoms with E-state index in [4.69, 9.17) is 5.11 Å². The van der Waals surface area contributed by atoms with Crippen molar-refractivity contribution in [2.45, 2.75) is 51.6 Å². The van der Waals surface area contributed by atoms with Crippen LogP contribution in [0.25, 0.3) is 0 Å². The van der Waals surface area contributed by atoms with Crippen LogP contribution < -0.4 is 0 Å². The molecule has 0 aromatic rings. The Kier molecular flexibility index (Phi) is 3.72. The van der Waals surface area contributed by atoms with E-state index < -0.39 is 5.67 Å². The Morgan fingerprint density at radius 1 is 1.31 bits per heavy atom. The Bertz CT molecular complexity index is 151. The molecule has 1 unspecified atom stereocenters. The maximum Gasteiger partial charge on any atom is 0.105 e. The van der Waals surface area contributed by atoms with E-state index in [9.17, 15) is 4.39 Å². The van der Waals surface area contributed by atoms with E-state index in [1.807, 2.05) is 0 Å². The fourth-order valence-electron chi connectivity index (χ4n) is 2.44. The maximum atomic E-state index is 13.3. The molecule has 1 rings (SSSR count). The number of halogens is 1. The number of alkyl halides is 1. The molecule has 0 aromatic carbocycles. The molecular weight excluding hydrogens is 167 g/mol. The van der Waals surface area contributed by atoms with Gasteiger partial charge in [0, 0.05) is 6.61 Å². The summed E-state index contributed by atoms with van der Waals surface area (Å²) in [5.41, 5.74) is -1.04. The normalized spacial score (nSPS) is 30.5. The number of hydrogen-bond acceptors (Lipinski definition) is 1. The highest BCUT2D eigenvalue weighted by Gasteiger charge is 2.27. The minimum Gasteiger partial charge on any atom is -0.396 e. The van der Waals surface area contributed by atoms with Crippen LogP contribution in [0.15, 0.2) is 0 Å². The van der Waals surface area contributed by atoms with Crippen LogP contribution >= 0.6 is 0 Å². The molecule has 0 spiro atoms. The SMILES string of the molecule is CC(C)(F)CC1CCC[C@@H](CO)C1. The molecule has 78 valence electrons. The highest BCUT2D eigenvalue weighted by molar-refractivity contribution is 4.78. The Morgan fingerprint density at radius 3 is 2.46 bits per heavy atom. The Hall–Kier alpha value is -0.110. The van der Waals surface area contributed by atoms with Crippen LogP contribution in [0, 0.1) is 11.8 Å². The van der Waals surface area contributed by atoms with Crippen molar-refractivity contribution in [3.05, 3.63) is 0 Å². The number of aliphatic hydroxyl groups excluding tert-OH is 1. The summed E-state index contributed by atoms with van der Waals surface area (Å²) >= 11 is 0. The van der Waals surface area contributed by atoms with Crippen molar-refractivity contribution in [1.29, 1.82) is 0 Å². The van der Waals surface area contributed by atoms with Crippen molar-refractivity contribution in [3.8, 4) is 0 Å². The molecule has 0 heterocycles. The third-order valence-electron chi connectivity index (χ3n) is 2.92. The van der Waals surface area contributed by atoms with Gasteiger partial charge in [0.1, 0.15) is 5.67 Å². The Balaban J connectivity index is 2.34. The van der Waals surface area contributed by atoms with E-state index in [0.717, 1.165) is 25.7 Å². The molecule has 13 heavy (non-hydrogen) atoms. The van der Waals surface area contributed by atoms with Crippen molar-refractivity contribution in [2.24, 2.45) is 11.8 Å². The number of rotatable bonds is 3. The van der Waals surface area contributed by atoms with Gasteiger partial charge in [-0.2, -0.15) is 0 Å².